The van der Waals surface area contributed by atoms with Gasteiger partial charge >= 0.3 is 12.1 Å². The lowest BCUT2D eigenvalue weighted by atomic mass is 9.91. The van der Waals surface area contributed by atoms with Crippen LogP contribution in [-0.4, -0.2) is 28.9 Å². The summed E-state index contributed by atoms with van der Waals surface area (Å²) in [6.07, 6.45) is 0.965. The molecule has 0 radical (unpaired) electrons. The number of aliphatic carboxylic acids is 1. The predicted octanol–water partition coefficient (Wildman–Crippen LogP) is 7.36. The fourth-order valence-electron chi connectivity index (χ4n) is 5.46. The second-order valence-electron chi connectivity index (χ2n) is 10.3. The Hall–Kier alpha value is -4.30. The fraction of sp³-hybridized carbons (Fsp3) is 0.258. The first-order chi connectivity index (χ1) is 19.3. The van der Waals surface area contributed by atoms with Gasteiger partial charge < -0.3 is 19.7 Å². The molecule has 1 aromatic heterocycles. The van der Waals surface area contributed by atoms with Crippen molar-refractivity contribution in [2.45, 2.75) is 44.6 Å². The highest BCUT2D eigenvalue weighted by Crippen LogP contribution is 2.49. The van der Waals surface area contributed by atoms with Crippen LogP contribution in [0.3, 0.4) is 0 Å². The minimum atomic E-state index is -0.760. The number of rotatable bonds is 7. The highest BCUT2D eigenvalue weighted by atomic mass is 35.5. The van der Waals surface area contributed by atoms with E-state index in [1.807, 2.05) is 54.6 Å². The minimum Gasteiger partial charge on any atom is -0.481 e. The van der Waals surface area contributed by atoms with E-state index in [-0.39, 0.29) is 0 Å². The Labute approximate surface area is 236 Å². The molecule has 1 saturated carbocycles. The molecule has 3 N–H and O–H groups in total. The Morgan fingerprint density at radius 3 is 2.52 bits per heavy atom. The van der Waals surface area contributed by atoms with Crippen LogP contribution < -0.4 is 10.6 Å². The highest BCUT2D eigenvalue weighted by molar-refractivity contribution is 6.31. The number of halogens is 1. The average molecular weight is 558 g/mol. The summed E-state index contributed by atoms with van der Waals surface area (Å²) in [5.41, 5.74) is 6.69. The summed E-state index contributed by atoms with van der Waals surface area (Å²) in [5, 5.41) is 20.5. The Morgan fingerprint density at radius 1 is 1.10 bits per heavy atom. The van der Waals surface area contributed by atoms with Gasteiger partial charge in [0.15, 0.2) is 5.76 Å². The lowest BCUT2D eigenvalue weighted by molar-refractivity contribution is -0.140. The second-order valence-corrected chi connectivity index (χ2v) is 10.7. The molecular weight excluding hydrogens is 530 g/mol. The van der Waals surface area contributed by atoms with Crippen molar-refractivity contribution in [2.24, 2.45) is 0 Å². The van der Waals surface area contributed by atoms with Gasteiger partial charge in [-0.15, -0.1) is 0 Å². The lowest BCUT2D eigenvalue weighted by Gasteiger charge is -2.16. The maximum atomic E-state index is 12.9. The summed E-state index contributed by atoms with van der Waals surface area (Å²) in [6, 6.07) is 19.0. The van der Waals surface area contributed by atoms with Crippen LogP contribution in [0, 0.1) is 6.92 Å². The number of aryl methyl sites for hydroxylation is 1. The van der Waals surface area contributed by atoms with Crippen molar-refractivity contribution in [3.05, 3.63) is 88.1 Å². The van der Waals surface area contributed by atoms with E-state index in [1.54, 1.807) is 19.9 Å². The molecule has 0 bridgehead atoms. The highest BCUT2D eigenvalue weighted by Gasteiger charge is 2.51. The molecular formula is C31H28ClN3O5. The molecule has 0 saturated heterocycles. The first-order valence-electron chi connectivity index (χ1n) is 13.2. The molecule has 40 heavy (non-hydrogen) atoms. The van der Waals surface area contributed by atoms with Crippen LogP contribution in [0.2, 0.25) is 5.02 Å². The van der Waals surface area contributed by atoms with Gasteiger partial charge in [-0.1, -0.05) is 65.3 Å². The van der Waals surface area contributed by atoms with Crippen LogP contribution >= 0.6 is 11.6 Å². The van der Waals surface area contributed by atoms with Crippen molar-refractivity contribution in [3.63, 3.8) is 0 Å². The maximum absolute atomic E-state index is 12.9. The number of benzene rings is 3. The molecule has 3 aromatic carbocycles. The van der Waals surface area contributed by atoms with Crippen molar-refractivity contribution in [2.75, 3.05) is 17.2 Å². The Balaban J connectivity index is 1.27. The quantitative estimate of drug-likeness (QED) is 0.217. The first-order valence-corrected chi connectivity index (χ1v) is 13.6. The van der Waals surface area contributed by atoms with Gasteiger partial charge in [-0.25, -0.2) is 4.79 Å². The number of fused-ring (bicyclic) bond motifs is 1. The summed E-state index contributed by atoms with van der Waals surface area (Å²) >= 11 is 6.26. The summed E-state index contributed by atoms with van der Waals surface area (Å²) < 4.78 is 11.3. The molecule has 8 nitrogen and oxygen atoms in total. The molecule has 6 rings (SSSR count). The Morgan fingerprint density at radius 2 is 1.82 bits per heavy atom. The molecule has 2 heterocycles. The largest absolute Gasteiger partial charge is 0.481 e. The van der Waals surface area contributed by atoms with E-state index in [4.69, 9.17) is 20.9 Å². The van der Waals surface area contributed by atoms with Gasteiger partial charge in [0.25, 0.3) is 0 Å². The number of carbonyl (C=O) groups is 2. The summed E-state index contributed by atoms with van der Waals surface area (Å²) in [5.74, 6) is -0.326. The number of carboxylic acids is 1. The van der Waals surface area contributed by atoms with Crippen LogP contribution in [0.5, 0.6) is 0 Å². The van der Waals surface area contributed by atoms with E-state index in [9.17, 15) is 14.7 Å². The first kappa shape index (κ1) is 26.0. The Bertz CT molecular complexity index is 1620. The number of nitrogens with zero attached hydrogens (tertiary/aromatic N) is 1. The molecule has 0 spiro atoms. The fourth-order valence-corrected chi connectivity index (χ4v) is 5.75. The minimum absolute atomic E-state index is 0.435. The Kier molecular flexibility index (Phi) is 6.50. The third-order valence-corrected chi connectivity index (χ3v) is 8.20. The smallest absolute Gasteiger partial charge is 0.412 e. The molecule has 1 atom stereocenters. The number of amides is 1. The zero-order valence-corrected chi connectivity index (χ0v) is 22.8. The third-order valence-electron chi connectivity index (χ3n) is 7.86. The van der Waals surface area contributed by atoms with E-state index in [2.05, 4.69) is 15.8 Å². The molecule has 1 aliphatic carbocycles. The lowest BCUT2D eigenvalue weighted by Crippen LogP contribution is -2.19. The zero-order valence-electron chi connectivity index (χ0n) is 22.1. The van der Waals surface area contributed by atoms with Crippen LogP contribution in [0.4, 0.5) is 16.2 Å². The number of aromatic nitrogens is 1. The van der Waals surface area contributed by atoms with Gasteiger partial charge in [-0.05, 0) is 67.5 Å². The molecule has 9 heteroatoms. The summed E-state index contributed by atoms with van der Waals surface area (Å²) in [4.78, 5) is 24.6. The number of anilines is 2. The van der Waals surface area contributed by atoms with E-state index < -0.39 is 23.6 Å². The van der Waals surface area contributed by atoms with Gasteiger partial charge in [0.1, 0.15) is 17.5 Å². The van der Waals surface area contributed by atoms with Crippen molar-refractivity contribution >= 4 is 35.0 Å². The number of nitrogens with one attached hydrogen (secondary N) is 2. The van der Waals surface area contributed by atoms with Crippen LogP contribution in [-0.2, 0) is 21.4 Å². The molecule has 1 aliphatic heterocycles. The monoisotopic (exact) mass is 557 g/mol. The molecule has 2 aliphatic rings. The van der Waals surface area contributed by atoms with E-state index >= 15 is 0 Å². The zero-order chi connectivity index (χ0) is 28.0. The molecule has 1 fully saturated rings. The van der Waals surface area contributed by atoms with Gasteiger partial charge in [-0.2, -0.15) is 0 Å². The number of hydrogen-bond donors (Lipinski definition) is 3. The summed E-state index contributed by atoms with van der Waals surface area (Å²) in [7, 11) is 0. The van der Waals surface area contributed by atoms with Crippen molar-refractivity contribution in [1.82, 2.24) is 5.16 Å². The topological polar surface area (TPSA) is 114 Å². The molecule has 1 unspecified atom stereocenters. The van der Waals surface area contributed by atoms with Crippen LogP contribution in [0.1, 0.15) is 48.3 Å². The number of ether oxygens (including phenoxy) is 1. The number of hydrogen-bond acceptors (Lipinski definition) is 6. The van der Waals surface area contributed by atoms with Crippen LogP contribution in [0.25, 0.3) is 22.5 Å². The predicted molar refractivity (Wildman–Crippen MR) is 153 cm³/mol. The standard InChI is InChI=1S/C31H28ClN3O5/c1-17-26(34-30(38)39-18(2)21-5-3-4-6-25(21)32)28(40-35-17)24-12-11-22(23-13-16-33-27(23)24)19-7-9-20(10-8-19)31(14-15-31)29(36)37/h3-12,18,33H,13-16H2,1-2H3,(H,34,38)(H,36,37). The number of carbonyl (C=O) groups excluding carboxylic acids is 1. The van der Waals surface area contributed by atoms with Crippen molar-refractivity contribution < 1.29 is 24.0 Å². The van der Waals surface area contributed by atoms with Gasteiger partial charge in [-0.3, -0.25) is 10.1 Å². The van der Waals surface area contributed by atoms with Crippen molar-refractivity contribution in [1.29, 1.82) is 0 Å². The third kappa shape index (κ3) is 4.48. The normalized spacial score (nSPS) is 15.6. The van der Waals surface area contributed by atoms with E-state index in [1.165, 1.54) is 0 Å². The van der Waals surface area contributed by atoms with Gasteiger partial charge in [0, 0.05) is 28.4 Å². The molecule has 4 aromatic rings. The maximum Gasteiger partial charge on any atom is 0.412 e. The van der Waals surface area contributed by atoms with E-state index in [0.717, 1.165) is 46.5 Å². The average Bonchev–Trinajstić information content (AvgIpc) is 3.49. The number of carboxylic acid groups (broad SMARTS) is 1. The van der Waals surface area contributed by atoms with Gasteiger partial charge in [0.2, 0.25) is 0 Å². The summed E-state index contributed by atoms with van der Waals surface area (Å²) in [6.45, 7) is 4.27. The molecule has 1 amide bonds. The van der Waals surface area contributed by atoms with E-state index in [0.29, 0.717) is 40.6 Å². The SMILES string of the molecule is Cc1noc(-c2ccc(-c3ccc(C4(C(=O)O)CC4)cc3)c3c2NCC3)c1NC(=O)OC(C)c1ccccc1Cl. The second kappa shape index (κ2) is 10.0. The van der Waals surface area contributed by atoms with Crippen molar-refractivity contribution in [3.8, 4) is 22.5 Å². The van der Waals surface area contributed by atoms with Gasteiger partial charge in [0.05, 0.1) is 5.41 Å². The van der Waals surface area contributed by atoms with Crippen LogP contribution in [0.15, 0.2) is 65.2 Å². The molecule has 204 valence electrons.